The second kappa shape index (κ2) is 14.3. The maximum absolute atomic E-state index is 6.77. The monoisotopic (exact) mass is 818 g/mol. The summed E-state index contributed by atoms with van der Waals surface area (Å²) in [5, 5.41) is 4.14. The molecule has 0 bridgehead atoms. The van der Waals surface area contributed by atoms with Crippen LogP contribution in [0, 0.1) is 0 Å². The van der Waals surface area contributed by atoms with Crippen molar-refractivity contribution >= 4 is 60.9 Å². The Bertz CT molecular complexity index is 3660. The Morgan fingerprint density at radius 2 is 1.00 bits per heavy atom. The van der Waals surface area contributed by atoms with Gasteiger partial charge in [0.05, 0.1) is 11.1 Å². The van der Waals surface area contributed by atoms with Gasteiger partial charge in [0, 0.05) is 38.5 Å². The lowest BCUT2D eigenvalue weighted by Crippen LogP contribution is -2.28. The first-order chi connectivity index (χ1) is 31.7. The molecule has 0 atom stereocenters. The standard InChI is InChI=1S/C60H38N2O2/c1-3-16-39(17-4-1)40-30-33-44(34-31-40)62(45-21-15-20-43(37-45)60(42-18-5-2-6-19-42)52-26-11-9-22-46(52)47-23-10-12-27-53(47)60)55-38-51-50-36-41(59-61-54-28-13-14-29-57(54)64-59)32-35-56(50)63-58(51)49-25-8-7-24-48(49)55/h1-38H. The molecule has 0 unspecified atom stereocenters. The average Bonchev–Trinajstić information content (AvgIpc) is 4.06. The largest absolute Gasteiger partial charge is 0.455 e. The summed E-state index contributed by atoms with van der Waals surface area (Å²) in [6.07, 6.45) is 0. The van der Waals surface area contributed by atoms with Gasteiger partial charge in [0.2, 0.25) is 5.89 Å². The molecule has 0 N–H and O–H groups in total. The molecule has 4 heteroatoms. The highest BCUT2D eigenvalue weighted by Crippen LogP contribution is 2.57. The number of hydrogen-bond acceptors (Lipinski definition) is 4. The summed E-state index contributed by atoms with van der Waals surface area (Å²) in [4.78, 5) is 7.27. The molecule has 0 radical (unpaired) electrons. The molecule has 0 spiro atoms. The van der Waals surface area contributed by atoms with Crippen LogP contribution in [0.3, 0.4) is 0 Å². The number of nitrogens with zero attached hydrogens (tertiary/aromatic N) is 2. The van der Waals surface area contributed by atoms with Crippen molar-refractivity contribution in [2.45, 2.75) is 5.41 Å². The third kappa shape index (κ3) is 5.46. The van der Waals surface area contributed by atoms with Crippen molar-refractivity contribution in [3.8, 4) is 33.7 Å². The van der Waals surface area contributed by atoms with Gasteiger partial charge in [-0.05, 0) is 105 Å². The van der Waals surface area contributed by atoms with Crippen molar-refractivity contribution in [3.63, 3.8) is 0 Å². The van der Waals surface area contributed by atoms with E-state index in [9.17, 15) is 0 Å². The lowest BCUT2D eigenvalue weighted by molar-refractivity contribution is 0.620. The van der Waals surface area contributed by atoms with Gasteiger partial charge in [-0.3, -0.25) is 0 Å². The average molecular weight is 819 g/mol. The normalized spacial score (nSPS) is 12.8. The number of para-hydroxylation sites is 2. The SMILES string of the molecule is c1ccc(-c2ccc(N(c3cccc(C4(c5ccccc5)c5ccccc5-c5ccccc54)c3)c3cc4c5cc(-c6nc7ccccc7o6)ccc5oc4c4ccccc34)cc2)cc1. The molecule has 1 aliphatic carbocycles. The van der Waals surface area contributed by atoms with Gasteiger partial charge in [-0.2, -0.15) is 0 Å². The van der Waals surface area contributed by atoms with E-state index in [1.54, 1.807) is 0 Å². The van der Waals surface area contributed by atoms with E-state index >= 15 is 0 Å². The summed E-state index contributed by atoms with van der Waals surface area (Å²) in [6.45, 7) is 0. The van der Waals surface area contributed by atoms with Crippen LogP contribution in [0.4, 0.5) is 17.1 Å². The third-order valence-electron chi connectivity index (χ3n) is 13.2. The third-order valence-corrected chi connectivity index (χ3v) is 13.2. The van der Waals surface area contributed by atoms with Crippen LogP contribution in [0.15, 0.2) is 239 Å². The van der Waals surface area contributed by atoms with Gasteiger partial charge < -0.3 is 13.7 Å². The number of aromatic nitrogens is 1. The molecule has 300 valence electrons. The fraction of sp³-hybridized carbons (Fsp3) is 0.0167. The Kier molecular flexibility index (Phi) is 8.09. The number of oxazole rings is 1. The van der Waals surface area contributed by atoms with Gasteiger partial charge in [-0.25, -0.2) is 4.98 Å². The second-order valence-electron chi connectivity index (χ2n) is 16.6. The zero-order valence-corrected chi connectivity index (χ0v) is 34.7. The maximum atomic E-state index is 6.77. The van der Waals surface area contributed by atoms with Crippen LogP contribution >= 0.6 is 0 Å². The first-order valence-electron chi connectivity index (χ1n) is 21.8. The van der Waals surface area contributed by atoms with Crippen LogP contribution in [0.25, 0.3) is 77.5 Å². The van der Waals surface area contributed by atoms with Crippen LogP contribution in [0.1, 0.15) is 22.3 Å². The molecular weight excluding hydrogens is 781 g/mol. The molecule has 0 saturated heterocycles. The fourth-order valence-electron chi connectivity index (χ4n) is 10.3. The molecule has 0 aliphatic heterocycles. The lowest BCUT2D eigenvalue weighted by Gasteiger charge is -2.35. The van der Waals surface area contributed by atoms with Crippen LogP contribution < -0.4 is 4.90 Å². The molecule has 2 aromatic heterocycles. The van der Waals surface area contributed by atoms with Gasteiger partial charge in [-0.15, -0.1) is 0 Å². The predicted octanol–water partition coefficient (Wildman–Crippen LogP) is 16.0. The van der Waals surface area contributed by atoms with Gasteiger partial charge >= 0.3 is 0 Å². The second-order valence-corrected chi connectivity index (χ2v) is 16.6. The molecule has 64 heavy (non-hydrogen) atoms. The van der Waals surface area contributed by atoms with Gasteiger partial charge in [0.15, 0.2) is 5.58 Å². The van der Waals surface area contributed by atoms with E-state index in [1.165, 1.54) is 38.9 Å². The van der Waals surface area contributed by atoms with Crippen molar-refractivity contribution in [1.82, 2.24) is 4.98 Å². The fourth-order valence-corrected chi connectivity index (χ4v) is 10.3. The quantitative estimate of drug-likeness (QED) is 0.161. The number of fused-ring (bicyclic) bond motifs is 9. The van der Waals surface area contributed by atoms with Crippen LogP contribution in [0.2, 0.25) is 0 Å². The minimum absolute atomic E-state index is 0.554. The molecule has 0 amide bonds. The van der Waals surface area contributed by atoms with Gasteiger partial charge in [-0.1, -0.05) is 170 Å². The smallest absolute Gasteiger partial charge is 0.227 e. The minimum atomic E-state index is -0.554. The van der Waals surface area contributed by atoms with Crippen molar-refractivity contribution in [2.75, 3.05) is 4.90 Å². The van der Waals surface area contributed by atoms with E-state index in [0.717, 1.165) is 72.0 Å². The van der Waals surface area contributed by atoms with E-state index in [4.69, 9.17) is 13.8 Å². The molecule has 4 nitrogen and oxygen atoms in total. The molecule has 10 aromatic carbocycles. The Morgan fingerprint density at radius 1 is 0.375 bits per heavy atom. The summed E-state index contributed by atoms with van der Waals surface area (Å²) >= 11 is 0. The van der Waals surface area contributed by atoms with E-state index in [1.807, 2.05) is 36.4 Å². The van der Waals surface area contributed by atoms with Crippen molar-refractivity contribution in [2.24, 2.45) is 0 Å². The van der Waals surface area contributed by atoms with E-state index in [2.05, 4.69) is 199 Å². The number of benzene rings is 10. The summed E-state index contributed by atoms with van der Waals surface area (Å²) < 4.78 is 13.0. The van der Waals surface area contributed by atoms with Crippen LogP contribution in [-0.4, -0.2) is 4.98 Å². The van der Waals surface area contributed by atoms with Crippen LogP contribution in [-0.2, 0) is 5.41 Å². The Hall–Kier alpha value is -8.47. The number of furan rings is 1. The van der Waals surface area contributed by atoms with Crippen molar-refractivity contribution < 1.29 is 8.83 Å². The summed E-state index contributed by atoms with van der Waals surface area (Å²) in [5.74, 6) is 0.581. The number of hydrogen-bond donors (Lipinski definition) is 0. The molecule has 1 aliphatic rings. The zero-order valence-electron chi connectivity index (χ0n) is 34.7. The molecule has 0 saturated carbocycles. The number of anilines is 3. The minimum Gasteiger partial charge on any atom is -0.455 e. The van der Waals surface area contributed by atoms with Crippen molar-refractivity contribution in [1.29, 1.82) is 0 Å². The molecule has 13 rings (SSSR count). The molecule has 0 fully saturated rings. The van der Waals surface area contributed by atoms with E-state index in [0.29, 0.717) is 5.89 Å². The first kappa shape index (κ1) is 36.2. The van der Waals surface area contributed by atoms with Crippen molar-refractivity contribution in [3.05, 3.63) is 253 Å². The molecular formula is C60H38N2O2. The predicted molar refractivity (Wildman–Crippen MR) is 262 cm³/mol. The topological polar surface area (TPSA) is 42.4 Å². The Morgan fingerprint density at radius 3 is 1.77 bits per heavy atom. The number of rotatable bonds is 7. The van der Waals surface area contributed by atoms with E-state index < -0.39 is 5.41 Å². The zero-order chi connectivity index (χ0) is 42.2. The van der Waals surface area contributed by atoms with Crippen LogP contribution in [0.5, 0.6) is 0 Å². The highest BCUT2D eigenvalue weighted by atomic mass is 16.3. The summed E-state index contributed by atoms with van der Waals surface area (Å²) in [5.41, 5.74) is 16.6. The van der Waals surface area contributed by atoms with E-state index in [-0.39, 0.29) is 0 Å². The Balaban J connectivity index is 1.07. The molecule has 12 aromatic rings. The van der Waals surface area contributed by atoms with Gasteiger partial charge in [0.25, 0.3) is 0 Å². The Labute approximate surface area is 369 Å². The first-order valence-corrected chi connectivity index (χ1v) is 21.8. The highest BCUT2D eigenvalue weighted by Gasteiger charge is 2.46. The van der Waals surface area contributed by atoms with Gasteiger partial charge in [0.1, 0.15) is 16.7 Å². The highest BCUT2D eigenvalue weighted by molar-refractivity contribution is 6.20. The maximum Gasteiger partial charge on any atom is 0.227 e. The summed E-state index contributed by atoms with van der Waals surface area (Å²) in [7, 11) is 0. The summed E-state index contributed by atoms with van der Waals surface area (Å²) in [6, 6.07) is 82.6. The lowest BCUT2D eigenvalue weighted by atomic mass is 9.67. The molecule has 2 heterocycles.